The smallest absolute Gasteiger partial charge is 0.312 e. The summed E-state index contributed by atoms with van der Waals surface area (Å²) in [5, 5.41) is 0. The summed E-state index contributed by atoms with van der Waals surface area (Å²) in [6, 6.07) is 14.2. The highest BCUT2D eigenvalue weighted by Crippen LogP contribution is 2.49. The normalized spacial score (nSPS) is 18.8. The van der Waals surface area contributed by atoms with Crippen molar-refractivity contribution in [3.63, 3.8) is 0 Å². The lowest BCUT2D eigenvalue weighted by molar-refractivity contribution is -0.135. The number of para-hydroxylation sites is 1. The van der Waals surface area contributed by atoms with E-state index < -0.39 is 0 Å². The molecule has 0 unspecified atom stereocenters. The van der Waals surface area contributed by atoms with Crippen LogP contribution in [0, 0.1) is 0 Å². The molecule has 0 fully saturated rings. The van der Waals surface area contributed by atoms with Crippen LogP contribution in [0.15, 0.2) is 65.0 Å². The van der Waals surface area contributed by atoms with E-state index in [0.717, 1.165) is 5.56 Å². The van der Waals surface area contributed by atoms with Crippen LogP contribution in [0.1, 0.15) is 39.6 Å². The molecular formula is C23H16O6. The number of methoxy groups -OCH3 is 1. The van der Waals surface area contributed by atoms with Crippen molar-refractivity contribution in [3.05, 3.63) is 83.0 Å². The highest BCUT2D eigenvalue weighted by atomic mass is 16.5. The molecule has 2 aliphatic heterocycles. The third kappa shape index (κ3) is 2.81. The van der Waals surface area contributed by atoms with E-state index in [0.29, 0.717) is 34.1 Å². The fourth-order valence-corrected chi connectivity index (χ4v) is 3.77. The SMILES string of the molecule is COc1ccccc1/C=C1\Oc2c(ccc3c2[C@@H](c2ccco2)CC(=O)O3)C1=O. The maximum absolute atomic E-state index is 13.0. The molecule has 144 valence electrons. The number of rotatable bonds is 3. The molecule has 29 heavy (non-hydrogen) atoms. The van der Waals surface area contributed by atoms with Crippen LogP contribution in [-0.2, 0) is 4.79 Å². The summed E-state index contributed by atoms with van der Waals surface area (Å²) in [5.41, 5.74) is 1.81. The first-order valence-electron chi connectivity index (χ1n) is 9.14. The second kappa shape index (κ2) is 6.67. The van der Waals surface area contributed by atoms with Gasteiger partial charge in [0.2, 0.25) is 5.78 Å². The number of Topliss-reactive ketones (excluding diaryl/α,β-unsaturated/α-hetero) is 1. The molecule has 0 saturated carbocycles. The number of hydrogen-bond donors (Lipinski definition) is 0. The van der Waals surface area contributed by atoms with Crippen LogP contribution in [-0.4, -0.2) is 18.9 Å². The summed E-state index contributed by atoms with van der Waals surface area (Å²) in [4.78, 5) is 25.1. The number of ketones is 1. The molecular weight excluding hydrogens is 372 g/mol. The van der Waals surface area contributed by atoms with Gasteiger partial charge in [-0.15, -0.1) is 0 Å². The quantitative estimate of drug-likeness (QED) is 0.377. The molecule has 0 N–H and O–H groups in total. The first-order valence-corrected chi connectivity index (χ1v) is 9.14. The maximum Gasteiger partial charge on any atom is 0.312 e. The van der Waals surface area contributed by atoms with Crippen molar-refractivity contribution in [2.24, 2.45) is 0 Å². The molecule has 3 heterocycles. The average Bonchev–Trinajstić information content (AvgIpc) is 3.37. The molecule has 5 rings (SSSR count). The van der Waals surface area contributed by atoms with E-state index in [1.165, 1.54) is 0 Å². The molecule has 2 aromatic carbocycles. The number of carbonyl (C=O) groups is 2. The Morgan fingerprint density at radius 2 is 1.90 bits per heavy atom. The predicted octanol–water partition coefficient (Wildman–Crippen LogP) is 4.35. The lowest BCUT2D eigenvalue weighted by Gasteiger charge is -2.24. The van der Waals surface area contributed by atoms with Crippen molar-refractivity contribution in [1.82, 2.24) is 0 Å². The van der Waals surface area contributed by atoms with Gasteiger partial charge in [0.05, 0.1) is 31.3 Å². The molecule has 0 saturated heterocycles. The number of allylic oxidation sites excluding steroid dienone is 1. The van der Waals surface area contributed by atoms with E-state index in [1.807, 2.05) is 24.3 Å². The summed E-state index contributed by atoms with van der Waals surface area (Å²) in [6.45, 7) is 0. The van der Waals surface area contributed by atoms with Crippen molar-refractivity contribution in [2.45, 2.75) is 12.3 Å². The number of esters is 1. The van der Waals surface area contributed by atoms with Gasteiger partial charge in [0.25, 0.3) is 0 Å². The standard InChI is InChI=1S/C23H16O6/c1-26-16-6-3-2-5-13(16)11-19-22(25)14-8-9-18-21(23(14)29-19)15(12-20(24)28-18)17-7-4-10-27-17/h2-11,15H,12H2,1H3/b19-11-/t15-/m1/s1. The minimum absolute atomic E-state index is 0.111. The van der Waals surface area contributed by atoms with Crippen molar-refractivity contribution >= 4 is 17.8 Å². The monoisotopic (exact) mass is 388 g/mol. The Kier molecular flexibility index (Phi) is 3.98. The van der Waals surface area contributed by atoms with Crippen molar-refractivity contribution in [2.75, 3.05) is 7.11 Å². The van der Waals surface area contributed by atoms with Gasteiger partial charge in [0, 0.05) is 11.1 Å². The Balaban J connectivity index is 1.62. The molecule has 0 spiro atoms. The van der Waals surface area contributed by atoms with Gasteiger partial charge in [0.15, 0.2) is 5.76 Å². The molecule has 6 heteroatoms. The molecule has 0 aliphatic carbocycles. The van der Waals surface area contributed by atoms with Gasteiger partial charge >= 0.3 is 5.97 Å². The first-order chi connectivity index (χ1) is 14.2. The van der Waals surface area contributed by atoms with Crippen LogP contribution in [0.2, 0.25) is 0 Å². The summed E-state index contributed by atoms with van der Waals surface area (Å²) in [7, 11) is 1.57. The molecule has 0 bridgehead atoms. The van der Waals surface area contributed by atoms with E-state index >= 15 is 0 Å². The zero-order valence-corrected chi connectivity index (χ0v) is 15.5. The van der Waals surface area contributed by atoms with Crippen LogP contribution in [0.5, 0.6) is 17.2 Å². The average molecular weight is 388 g/mol. The minimum Gasteiger partial charge on any atom is -0.496 e. The van der Waals surface area contributed by atoms with Crippen molar-refractivity contribution < 1.29 is 28.2 Å². The minimum atomic E-state index is -0.380. The second-order valence-corrected chi connectivity index (χ2v) is 6.78. The van der Waals surface area contributed by atoms with Gasteiger partial charge in [-0.1, -0.05) is 18.2 Å². The molecule has 1 atom stereocenters. The number of benzene rings is 2. The molecule has 3 aromatic rings. The van der Waals surface area contributed by atoms with Crippen LogP contribution >= 0.6 is 0 Å². The van der Waals surface area contributed by atoms with E-state index in [9.17, 15) is 9.59 Å². The highest BCUT2D eigenvalue weighted by Gasteiger charge is 2.39. The van der Waals surface area contributed by atoms with Gasteiger partial charge in [-0.2, -0.15) is 0 Å². The maximum atomic E-state index is 13.0. The zero-order chi connectivity index (χ0) is 20.0. The summed E-state index contributed by atoms with van der Waals surface area (Å²) >= 11 is 0. The summed E-state index contributed by atoms with van der Waals surface area (Å²) in [6.07, 6.45) is 3.32. The van der Waals surface area contributed by atoms with Crippen molar-refractivity contribution in [1.29, 1.82) is 0 Å². The Morgan fingerprint density at radius 1 is 1.03 bits per heavy atom. The zero-order valence-electron chi connectivity index (χ0n) is 15.5. The highest BCUT2D eigenvalue weighted by molar-refractivity contribution is 6.15. The molecule has 0 amide bonds. The number of furan rings is 1. The number of ether oxygens (including phenoxy) is 3. The predicted molar refractivity (Wildman–Crippen MR) is 103 cm³/mol. The van der Waals surface area contributed by atoms with Crippen LogP contribution < -0.4 is 14.2 Å². The largest absolute Gasteiger partial charge is 0.496 e. The van der Waals surface area contributed by atoms with Crippen molar-refractivity contribution in [3.8, 4) is 17.2 Å². The van der Waals surface area contributed by atoms with Crippen LogP contribution in [0.4, 0.5) is 0 Å². The van der Waals surface area contributed by atoms with Gasteiger partial charge in [-0.25, -0.2) is 0 Å². The lowest BCUT2D eigenvalue weighted by Crippen LogP contribution is -2.21. The van der Waals surface area contributed by atoms with E-state index in [4.69, 9.17) is 18.6 Å². The Bertz CT molecular complexity index is 1160. The topological polar surface area (TPSA) is 75.0 Å². The molecule has 2 aliphatic rings. The molecule has 0 radical (unpaired) electrons. The van der Waals surface area contributed by atoms with Gasteiger partial charge in [-0.05, 0) is 36.4 Å². The Morgan fingerprint density at radius 3 is 2.69 bits per heavy atom. The fraction of sp³-hybridized carbons (Fsp3) is 0.130. The Labute approximate surface area is 166 Å². The van der Waals surface area contributed by atoms with E-state index in [-0.39, 0.29) is 29.9 Å². The summed E-state index contributed by atoms with van der Waals surface area (Å²) < 4.78 is 22.3. The third-order valence-electron chi connectivity index (χ3n) is 5.09. The van der Waals surface area contributed by atoms with Gasteiger partial charge in [-0.3, -0.25) is 9.59 Å². The van der Waals surface area contributed by atoms with E-state index in [1.54, 1.807) is 43.7 Å². The lowest BCUT2D eigenvalue weighted by atomic mass is 9.88. The fourth-order valence-electron chi connectivity index (χ4n) is 3.77. The third-order valence-corrected chi connectivity index (χ3v) is 5.09. The van der Waals surface area contributed by atoms with E-state index in [2.05, 4.69) is 0 Å². The molecule has 1 aromatic heterocycles. The van der Waals surface area contributed by atoms with Crippen LogP contribution in [0.25, 0.3) is 6.08 Å². The number of fused-ring (bicyclic) bond motifs is 3. The Hall–Kier alpha value is -3.80. The van der Waals surface area contributed by atoms with Gasteiger partial charge < -0.3 is 18.6 Å². The molecule has 6 nitrogen and oxygen atoms in total. The summed E-state index contributed by atoms with van der Waals surface area (Å²) in [5.74, 6) is 1.26. The van der Waals surface area contributed by atoms with Gasteiger partial charge in [0.1, 0.15) is 23.0 Å². The first kappa shape index (κ1) is 17.3. The number of carbonyl (C=O) groups excluding carboxylic acids is 2. The van der Waals surface area contributed by atoms with Crippen LogP contribution in [0.3, 0.4) is 0 Å². The second-order valence-electron chi connectivity index (χ2n) is 6.78. The number of hydrogen-bond acceptors (Lipinski definition) is 6.